The summed E-state index contributed by atoms with van der Waals surface area (Å²) >= 11 is 1.01. The van der Waals surface area contributed by atoms with E-state index in [2.05, 4.69) is 10.3 Å². The van der Waals surface area contributed by atoms with Crippen molar-refractivity contribution < 1.29 is 18.3 Å². The molecule has 27 heavy (non-hydrogen) atoms. The van der Waals surface area contributed by atoms with Crippen molar-refractivity contribution in [3.05, 3.63) is 54.1 Å². The maximum absolute atomic E-state index is 13.5. The quantitative estimate of drug-likeness (QED) is 0.612. The number of alkyl halides is 2. The number of imidazole rings is 1. The van der Waals surface area contributed by atoms with Crippen LogP contribution in [0.4, 0.5) is 8.78 Å². The molecule has 0 aliphatic rings. The van der Waals surface area contributed by atoms with Gasteiger partial charge in [0.15, 0.2) is 5.16 Å². The Balaban J connectivity index is 1.71. The van der Waals surface area contributed by atoms with E-state index in [1.165, 1.54) is 0 Å². The molecule has 0 aliphatic heterocycles. The van der Waals surface area contributed by atoms with Crippen molar-refractivity contribution in [2.24, 2.45) is 0 Å². The maximum Gasteiger partial charge on any atom is 0.321 e. The first-order chi connectivity index (χ1) is 13.0. The lowest BCUT2D eigenvalue weighted by Gasteiger charge is -2.14. The van der Waals surface area contributed by atoms with Gasteiger partial charge in [0.2, 0.25) is 5.91 Å². The van der Waals surface area contributed by atoms with E-state index in [9.17, 15) is 13.6 Å². The Morgan fingerprint density at radius 1 is 1.22 bits per heavy atom. The second kappa shape index (κ2) is 8.39. The number of aromatic nitrogens is 2. The number of ether oxygens (including phenoxy) is 1. The van der Waals surface area contributed by atoms with E-state index in [1.54, 1.807) is 38.3 Å². The summed E-state index contributed by atoms with van der Waals surface area (Å²) in [6.45, 7) is -0.778. The Kier molecular flexibility index (Phi) is 5.95. The summed E-state index contributed by atoms with van der Waals surface area (Å²) in [6.07, 6.45) is 0. The van der Waals surface area contributed by atoms with Crippen LogP contribution in [0, 0.1) is 0 Å². The molecule has 0 bridgehead atoms. The van der Waals surface area contributed by atoms with Crippen LogP contribution in [-0.2, 0) is 11.3 Å². The van der Waals surface area contributed by atoms with Gasteiger partial charge in [0.1, 0.15) is 5.75 Å². The molecule has 5 nitrogen and oxygen atoms in total. The summed E-state index contributed by atoms with van der Waals surface area (Å²) in [5, 5.41) is 2.34. The smallest absolute Gasteiger partial charge is 0.321 e. The molecular formula is C19H19F2N3O2S. The SMILES string of the molecule is COc1ccccc1CNC(=O)C(C)Sc1nc2ccccc2n1C(F)F. The van der Waals surface area contributed by atoms with Gasteiger partial charge >= 0.3 is 6.55 Å². The highest BCUT2D eigenvalue weighted by molar-refractivity contribution is 8.00. The van der Waals surface area contributed by atoms with Gasteiger partial charge in [-0.25, -0.2) is 4.98 Å². The normalized spacial score (nSPS) is 12.3. The zero-order chi connectivity index (χ0) is 19.4. The van der Waals surface area contributed by atoms with Crippen LogP contribution in [0.3, 0.4) is 0 Å². The van der Waals surface area contributed by atoms with Crippen LogP contribution >= 0.6 is 11.8 Å². The number of hydrogen-bond donors (Lipinski definition) is 1. The van der Waals surface area contributed by atoms with Crippen molar-refractivity contribution in [2.45, 2.75) is 30.4 Å². The van der Waals surface area contributed by atoms with Gasteiger partial charge in [0, 0.05) is 12.1 Å². The van der Waals surface area contributed by atoms with E-state index in [1.807, 2.05) is 24.3 Å². The first kappa shape index (κ1) is 19.2. The van der Waals surface area contributed by atoms with E-state index < -0.39 is 11.8 Å². The Morgan fingerprint density at radius 2 is 1.93 bits per heavy atom. The number of nitrogens with zero attached hydrogens (tertiary/aromatic N) is 2. The fourth-order valence-electron chi connectivity index (χ4n) is 2.68. The summed E-state index contributed by atoms with van der Waals surface area (Å²) in [5.74, 6) is 0.413. The van der Waals surface area contributed by atoms with Gasteiger partial charge in [-0.2, -0.15) is 8.78 Å². The molecule has 0 fully saturated rings. The predicted octanol–water partition coefficient (Wildman–Crippen LogP) is 4.24. The topological polar surface area (TPSA) is 56.1 Å². The van der Waals surface area contributed by atoms with Crippen molar-refractivity contribution in [3.63, 3.8) is 0 Å². The van der Waals surface area contributed by atoms with Crippen molar-refractivity contribution in [1.82, 2.24) is 14.9 Å². The average molecular weight is 391 g/mol. The van der Waals surface area contributed by atoms with Gasteiger partial charge in [-0.3, -0.25) is 9.36 Å². The Labute approximate surface area is 159 Å². The fraction of sp³-hybridized carbons (Fsp3) is 0.263. The molecule has 0 spiro atoms. The van der Waals surface area contributed by atoms with E-state index in [4.69, 9.17) is 4.74 Å². The second-order valence-corrected chi connectivity index (χ2v) is 7.13. The van der Waals surface area contributed by atoms with Crippen LogP contribution in [0.25, 0.3) is 11.0 Å². The summed E-state index contributed by atoms with van der Waals surface area (Å²) in [5.41, 5.74) is 1.66. The van der Waals surface area contributed by atoms with E-state index in [-0.39, 0.29) is 11.1 Å². The van der Waals surface area contributed by atoms with Crippen LogP contribution in [0.2, 0.25) is 0 Å². The minimum Gasteiger partial charge on any atom is -0.496 e. The Bertz CT molecular complexity index is 946. The molecule has 0 saturated carbocycles. The molecule has 1 atom stereocenters. The number of nitrogens with one attached hydrogen (secondary N) is 1. The van der Waals surface area contributed by atoms with Gasteiger partial charge in [-0.1, -0.05) is 42.1 Å². The molecule has 3 aromatic rings. The highest BCUT2D eigenvalue weighted by Gasteiger charge is 2.23. The first-order valence-electron chi connectivity index (χ1n) is 8.32. The van der Waals surface area contributed by atoms with Gasteiger partial charge in [0.05, 0.1) is 23.4 Å². The lowest BCUT2D eigenvalue weighted by atomic mass is 10.2. The molecule has 3 rings (SSSR count). The summed E-state index contributed by atoms with van der Waals surface area (Å²) in [4.78, 5) is 16.7. The summed E-state index contributed by atoms with van der Waals surface area (Å²) in [7, 11) is 1.56. The summed E-state index contributed by atoms with van der Waals surface area (Å²) < 4.78 is 33.1. The monoisotopic (exact) mass is 391 g/mol. The van der Waals surface area contributed by atoms with Crippen LogP contribution in [0.15, 0.2) is 53.7 Å². The number of para-hydroxylation sites is 3. The van der Waals surface area contributed by atoms with E-state index in [0.29, 0.717) is 23.3 Å². The average Bonchev–Trinajstić information content (AvgIpc) is 3.04. The molecule has 0 aliphatic carbocycles. The maximum atomic E-state index is 13.5. The van der Waals surface area contributed by atoms with Crippen LogP contribution in [0.5, 0.6) is 5.75 Å². The van der Waals surface area contributed by atoms with Crippen molar-refractivity contribution in [1.29, 1.82) is 0 Å². The molecular weight excluding hydrogens is 372 g/mol. The third-order valence-corrected chi connectivity index (χ3v) is 5.12. The number of halogens is 2. The molecule has 1 amide bonds. The number of hydrogen-bond acceptors (Lipinski definition) is 4. The number of methoxy groups -OCH3 is 1. The van der Waals surface area contributed by atoms with E-state index >= 15 is 0 Å². The molecule has 8 heteroatoms. The van der Waals surface area contributed by atoms with Gasteiger partial charge in [0.25, 0.3) is 0 Å². The highest BCUT2D eigenvalue weighted by Crippen LogP contribution is 2.31. The number of thioether (sulfide) groups is 1. The largest absolute Gasteiger partial charge is 0.496 e. The van der Waals surface area contributed by atoms with Crippen molar-refractivity contribution in [3.8, 4) is 5.75 Å². The number of carbonyl (C=O) groups excluding carboxylic acids is 1. The predicted molar refractivity (Wildman–Crippen MR) is 101 cm³/mol. The Hall–Kier alpha value is -2.61. The molecule has 1 unspecified atom stereocenters. The third kappa shape index (κ3) is 4.21. The Morgan fingerprint density at radius 3 is 2.67 bits per heavy atom. The lowest BCUT2D eigenvalue weighted by Crippen LogP contribution is -2.30. The van der Waals surface area contributed by atoms with Crippen LogP contribution in [0.1, 0.15) is 19.0 Å². The molecule has 1 heterocycles. The number of fused-ring (bicyclic) bond motifs is 1. The van der Waals surface area contributed by atoms with Crippen LogP contribution < -0.4 is 10.1 Å². The minimum atomic E-state index is -2.73. The molecule has 0 saturated heterocycles. The van der Waals surface area contributed by atoms with Crippen molar-refractivity contribution >= 4 is 28.7 Å². The highest BCUT2D eigenvalue weighted by atomic mass is 32.2. The number of carbonyl (C=O) groups is 1. The minimum absolute atomic E-state index is 0.117. The third-order valence-electron chi connectivity index (χ3n) is 4.06. The number of amides is 1. The van der Waals surface area contributed by atoms with E-state index in [0.717, 1.165) is 21.9 Å². The molecule has 1 N–H and O–H groups in total. The fourth-order valence-corrected chi connectivity index (χ4v) is 3.63. The zero-order valence-electron chi connectivity index (χ0n) is 14.9. The number of rotatable bonds is 7. The molecule has 2 aromatic carbocycles. The van der Waals surface area contributed by atoms with Gasteiger partial charge in [-0.05, 0) is 25.1 Å². The van der Waals surface area contributed by atoms with Gasteiger partial charge in [-0.15, -0.1) is 0 Å². The summed E-state index contributed by atoms with van der Waals surface area (Å²) in [6, 6.07) is 14.0. The molecule has 142 valence electrons. The van der Waals surface area contributed by atoms with Crippen LogP contribution in [-0.4, -0.2) is 27.8 Å². The van der Waals surface area contributed by atoms with Crippen molar-refractivity contribution in [2.75, 3.05) is 7.11 Å². The first-order valence-corrected chi connectivity index (χ1v) is 9.20. The zero-order valence-corrected chi connectivity index (χ0v) is 15.7. The van der Waals surface area contributed by atoms with Gasteiger partial charge < -0.3 is 10.1 Å². The molecule has 0 radical (unpaired) electrons. The standard InChI is InChI=1S/C19H19F2N3O2S/c1-12(17(25)22-11-13-7-3-6-10-16(13)26-2)27-19-23-14-8-4-5-9-15(14)24(19)18(20)21/h3-10,12,18H,11H2,1-2H3,(H,22,25). The number of benzene rings is 2. The second-order valence-electron chi connectivity index (χ2n) is 5.82. The lowest BCUT2D eigenvalue weighted by molar-refractivity contribution is -0.120. The molecule has 1 aromatic heterocycles.